The van der Waals surface area contributed by atoms with Crippen molar-refractivity contribution in [1.82, 2.24) is 4.90 Å². The van der Waals surface area contributed by atoms with Crippen molar-refractivity contribution in [3.63, 3.8) is 0 Å². The Hall–Kier alpha value is -1.35. The van der Waals surface area contributed by atoms with Gasteiger partial charge < -0.3 is 9.64 Å². The number of nitrogens with zero attached hydrogens (tertiary/aromatic N) is 1. The summed E-state index contributed by atoms with van der Waals surface area (Å²) in [5, 5.41) is 0. The number of hydrogen-bond donors (Lipinski definition) is 0. The lowest BCUT2D eigenvalue weighted by atomic mass is 10.1. The maximum absolute atomic E-state index is 10.9. The number of likely N-dealkylation sites (N-methyl/N-ethyl adjacent to an activating group) is 1. The first-order valence-electron chi connectivity index (χ1n) is 4.73. The van der Waals surface area contributed by atoms with Crippen molar-refractivity contribution in [2.75, 3.05) is 27.7 Å². The minimum atomic E-state index is 0.593. The fourth-order valence-electron chi connectivity index (χ4n) is 1.18. The highest BCUT2D eigenvalue weighted by atomic mass is 16.5. The lowest BCUT2D eigenvalue weighted by Gasteiger charge is -2.11. The van der Waals surface area contributed by atoms with Crippen molar-refractivity contribution < 1.29 is 9.53 Å². The standard InChI is InChI=1S/C12H19NO2/c1-6-12(15-5)7-11(9-14)10(2)8-13(3)4/h6-7,9H,1,8H2,2-5H3/b11-10-,12-7+. The van der Waals surface area contributed by atoms with Gasteiger partial charge in [0, 0.05) is 12.1 Å². The van der Waals surface area contributed by atoms with Crippen LogP contribution in [0.1, 0.15) is 6.92 Å². The first-order valence-corrected chi connectivity index (χ1v) is 4.73. The summed E-state index contributed by atoms with van der Waals surface area (Å²) < 4.78 is 5.02. The molecule has 0 saturated heterocycles. The van der Waals surface area contributed by atoms with Crippen LogP contribution in [-0.4, -0.2) is 38.9 Å². The van der Waals surface area contributed by atoms with Crippen molar-refractivity contribution in [1.29, 1.82) is 0 Å². The average Bonchev–Trinajstić information content (AvgIpc) is 2.18. The number of rotatable bonds is 6. The van der Waals surface area contributed by atoms with E-state index >= 15 is 0 Å². The van der Waals surface area contributed by atoms with Gasteiger partial charge in [0.25, 0.3) is 0 Å². The molecule has 0 unspecified atom stereocenters. The average molecular weight is 209 g/mol. The maximum atomic E-state index is 10.9. The van der Waals surface area contributed by atoms with Gasteiger partial charge in [0.1, 0.15) is 12.0 Å². The molecule has 0 N–H and O–H groups in total. The van der Waals surface area contributed by atoms with Crippen molar-refractivity contribution in [3.8, 4) is 0 Å². The monoisotopic (exact) mass is 209 g/mol. The van der Waals surface area contributed by atoms with Gasteiger partial charge in [0.05, 0.1) is 7.11 Å². The van der Waals surface area contributed by atoms with E-state index in [2.05, 4.69) is 6.58 Å². The number of methoxy groups -OCH3 is 1. The third kappa shape index (κ3) is 5.18. The lowest BCUT2D eigenvalue weighted by molar-refractivity contribution is -0.104. The molecule has 0 spiro atoms. The van der Waals surface area contributed by atoms with Gasteiger partial charge in [0.2, 0.25) is 0 Å². The van der Waals surface area contributed by atoms with E-state index in [4.69, 9.17) is 4.74 Å². The number of aldehydes is 1. The van der Waals surface area contributed by atoms with Crippen LogP contribution in [0.15, 0.2) is 35.6 Å². The van der Waals surface area contributed by atoms with Crippen molar-refractivity contribution in [2.45, 2.75) is 6.92 Å². The molecule has 0 amide bonds. The van der Waals surface area contributed by atoms with Gasteiger partial charge in [-0.15, -0.1) is 0 Å². The van der Waals surface area contributed by atoms with Gasteiger partial charge >= 0.3 is 0 Å². The van der Waals surface area contributed by atoms with Crippen LogP contribution in [0, 0.1) is 0 Å². The van der Waals surface area contributed by atoms with Gasteiger partial charge in [0.15, 0.2) is 0 Å². The van der Waals surface area contributed by atoms with Crippen LogP contribution in [0.5, 0.6) is 0 Å². The topological polar surface area (TPSA) is 29.5 Å². The van der Waals surface area contributed by atoms with Crippen LogP contribution in [0.2, 0.25) is 0 Å². The smallest absolute Gasteiger partial charge is 0.150 e. The molecular formula is C12H19NO2. The molecule has 0 aromatic rings. The quantitative estimate of drug-likeness (QED) is 0.289. The molecule has 0 saturated carbocycles. The fourth-order valence-corrected chi connectivity index (χ4v) is 1.18. The van der Waals surface area contributed by atoms with Gasteiger partial charge in [-0.2, -0.15) is 0 Å². The second-order valence-corrected chi connectivity index (χ2v) is 3.55. The summed E-state index contributed by atoms with van der Waals surface area (Å²) in [4.78, 5) is 12.9. The molecule has 0 aromatic carbocycles. The molecule has 0 aliphatic carbocycles. The third-order valence-corrected chi connectivity index (χ3v) is 1.91. The SMILES string of the molecule is C=C/C(=C\C(C=O)=C(/C)CN(C)C)OC. The molecule has 0 aromatic heterocycles. The summed E-state index contributed by atoms with van der Waals surface area (Å²) in [6, 6.07) is 0. The van der Waals surface area contributed by atoms with Crippen LogP contribution in [0.25, 0.3) is 0 Å². The molecule has 0 aliphatic heterocycles. The first-order chi connectivity index (χ1) is 7.04. The van der Waals surface area contributed by atoms with E-state index in [1.165, 1.54) is 0 Å². The van der Waals surface area contributed by atoms with Gasteiger partial charge in [-0.25, -0.2) is 0 Å². The zero-order valence-electron chi connectivity index (χ0n) is 9.91. The Labute approximate surface area is 91.7 Å². The van der Waals surface area contributed by atoms with Gasteiger partial charge in [-0.3, -0.25) is 4.79 Å². The second-order valence-electron chi connectivity index (χ2n) is 3.55. The van der Waals surface area contributed by atoms with E-state index in [0.717, 1.165) is 18.4 Å². The number of hydrogen-bond acceptors (Lipinski definition) is 3. The second kappa shape index (κ2) is 7.01. The largest absolute Gasteiger partial charge is 0.497 e. The lowest BCUT2D eigenvalue weighted by Crippen LogP contribution is -2.15. The summed E-state index contributed by atoms with van der Waals surface area (Å²) >= 11 is 0. The summed E-state index contributed by atoms with van der Waals surface area (Å²) in [6.45, 7) is 6.27. The summed E-state index contributed by atoms with van der Waals surface area (Å²) in [5.41, 5.74) is 1.65. The molecule has 84 valence electrons. The van der Waals surface area contributed by atoms with Gasteiger partial charge in [-0.1, -0.05) is 6.58 Å². The number of ether oxygens (including phenoxy) is 1. The minimum Gasteiger partial charge on any atom is -0.497 e. The number of carbonyl (C=O) groups excluding carboxylic acids is 1. The Kier molecular flexibility index (Phi) is 6.38. The first kappa shape index (κ1) is 13.7. The molecule has 0 bridgehead atoms. The maximum Gasteiger partial charge on any atom is 0.150 e. The van der Waals surface area contributed by atoms with Crippen molar-refractivity contribution in [2.24, 2.45) is 0 Å². The Balaban J connectivity index is 4.95. The van der Waals surface area contributed by atoms with Gasteiger partial charge in [-0.05, 0) is 38.7 Å². The summed E-state index contributed by atoms with van der Waals surface area (Å²) in [7, 11) is 5.47. The normalized spacial score (nSPS) is 13.5. The molecule has 0 radical (unpaired) electrons. The van der Waals surface area contributed by atoms with E-state index in [9.17, 15) is 4.79 Å². The number of allylic oxidation sites excluding steroid dienone is 3. The molecule has 0 fully saturated rings. The minimum absolute atomic E-state index is 0.593. The van der Waals surface area contributed by atoms with E-state index in [0.29, 0.717) is 11.3 Å². The Morgan fingerprint density at radius 1 is 1.47 bits per heavy atom. The van der Waals surface area contributed by atoms with E-state index < -0.39 is 0 Å². The Morgan fingerprint density at radius 3 is 2.40 bits per heavy atom. The fraction of sp³-hybridized carbons (Fsp3) is 0.417. The van der Waals surface area contributed by atoms with Crippen LogP contribution in [-0.2, 0) is 9.53 Å². The molecule has 3 nitrogen and oxygen atoms in total. The molecule has 3 heteroatoms. The number of carbonyl (C=O) groups is 1. The summed E-state index contributed by atoms with van der Waals surface area (Å²) in [6.07, 6.45) is 4.10. The van der Waals surface area contributed by atoms with E-state index in [1.54, 1.807) is 19.3 Å². The molecule has 0 rings (SSSR count). The van der Waals surface area contributed by atoms with E-state index in [-0.39, 0.29) is 0 Å². The van der Waals surface area contributed by atoms with E-state index in [1.807, 2.05) is 25.9 Å². The van der Waals surface area contributed by atoms with Crippen LogP contribution >= 0.6 is 0 Å². The molecule has 0 heterocycles. The third-order valence-electron chi connectivity index (χ3n) is 1.91. The molecule has 0 aliphatic rings. The highest BCUT2D eigenvalue weighted by Gasteiger charge is 2.01. The summed E-state index contributed by atoms with van der Waals surface area (Å²) in [5.74, 6) is 0.593. The molecule has 15 heavy (non-hydrogen) atoms. The van der Waals surface area contributed by atoms with Crippen LogP contribution in [0.4, 0.5) is 0 Å². The van der Waals surface area contributed by atoms with Crippen LogP contribution in [0.3, 0.4) is 0 Å². The zero-order valence-corrected chi connectivity index (χ0v) is 9.91. The Bertz CT molecular complexity index is 288. The highest BCUT2D eigenvalue weighted by molar-refractivity contribution is 5.79. The zero-order chi connectivity index (χ0) is 11.8. The van der Waals surface area contributed by atoms with Crippen molar-refractivity contribution in [3.05, 3.63) is 35.6 Å². The molecule has 0 atom stereocenters. The molecular weight excluding hydrogens is 190 g/mol. The highest BCUT2D eigenvalue weighted by Crippen LogP contribution is 2.08. The Morgan fingerprint density at radius 2 is 2.07 bits per heavy atom. The predicted molar refractivity (Wildman–Crippen MR) is 62.6 cm³/mol. The van der Waals surface area contributed by atoms with Crippen LogP contribution < -0.4 is 0 Å². The van der Waals surface area contributed by atoms with Crippen molar-refractivity contribution >= 4 is 6.29 Å². The predicted octanol–water partition coefficient (Wildman–Crippen LogP) is 1.78.